The van der Waals surface area contributed by atoms with Crippen LogP contribution in [0, 0.1) is 5.92 Å². The molecule has 5 heteroatoms. The predicted molar refractivity (Wildman–Crippen MR) is 85.5 cm³/mol. The van der Waals surface area contributed by atoms with E-state index in [2.05, 4.69) is 15.6 Å². The highest BCUT2D eigenvalue weighted by Gasteiger charge is 2.25. The van der Waals surface area contributed by atoms with Crippen molar-refractivity contribution in [3.63, 3.8) is 0 Å². The highest BCUT2D eigenvalue weighted by molar-refractivity contribution is 5.98. The van der Waals surface area contributed by atoms with E-state index >= 15 is 0 Å². The third kappa shape index (κ3) is 4.17. The molecule has 1 amide bonds. The Labute approximate surface area is 127 Å². The van der Waals surface area contributed by atoms with Crippen LogP contribution < -0.4 is 10.6 Å². The van der Waals surface area contributed by atoms with Crippen LogP contribution in [-0.4, -0.2) is 48.5 Å². The minimum absolute atomic E-state index is 0.0899. The molecule has 21 heavy (non-hydrogen) atoms. The molecule has 0 unspecified atom stereocenters. The number of likely N-dealkylation sites (tertiary alicyclic amines) is 1. The van der Waals surface area contributed by atoms with Crippen LogP contribution in [0.3, 0.4) is 0 Å². The molecule has 116 valence electrons. The SMILES string of the molecule is CNC[C@H]1CCCN(C(=O)c2cccnc2NC(C)C)C1. The molecule has 2 heterocycles. The van der Waals surface area contributed by atoms with Crippen molar-refractivity contribution < 1.29 is 4.79 Å². The van der Waals surface area contributed by atoms with Gasteiger partial charge in [0.2, 0.25) is 0 Å². The van der Waals surface area contributed by atoms with E-state index in [9.17, 15) is 4.79 Å². The van der Waals surface area contributed by atoms with Gasteiger partial charge in [-0.05, 0) is 58.3 Å². The van der Waals surface area contributed by atoms with Gasteiger partial charge in [0.25, 0.3) is 5.91 Å². The van der Waals surface area contributed by atoms with Gasteiger partial charge in [-0.2, -0.15) is 0 Å². The molecule has 0 aliphatic carbocycles. The first-order valence-corrected chi connectivity index (χ1v) is 7.77. The molecule has 1 aliphatic heterocycles. The second-order valence-electron chi connectivity index (χ2n) is 6.02. The number of pyridine rings is 1. The summed E-state index contributed by atoms with van der Waals surface area (Å²) in [7, 11) is 1.96. The van der Waals surface area contributed by atoms with E-state index in [0.717, 1.165) is 26.1 Å². The number of piperidine rings is 1. The molecule has 0 spiro atoms. The Balaban J connectivity index is 2.12. The third-order valence-electron chi connectivity index (χ3n) is 3.76. The third-order valence-corrected chi connectivity index (χ3v) is 3.76. The van der Waals surface area contributed by atoms with Gasteiger partial charge in [-0.15, -0.1) is 0 Å². The molecule has 1 saturated heterocycles. The number of hydrogen-bond donors (Lipinski definition) is 2. The van der Waals surface area contributed by atoms with Crippen molar-refractivity contribution in [1.29, 1.82) is 0 Å². The molecule has 1 atom stereocenters. The minimum atomic E-state index is 0.0899. The fraction of sp³-hybridized carbons (Fsp3) is 0.625. The molecule has 1 aromatic rings. The van der Waals surface area contributed by atoms with Gasteiger partial charge < -0.3 is 15.5 Å². The molecule has 2 N–H and O–H groups in total. The van der Waals surface area contributed by atoms with E-state index in [1.807, 2.05) is 37.9 Å². The van der Waals surface area contributed by atoms with Crippen LogP contribution in [0.5, 0.6) is 0 Å². The monoisotopic (exact) mass is 290 g/mol. The lowest BCUT2D eigenvalue weighted by Gasteiger charge is -2.33. The Kier molecular flexibility index (Phi) is 5.56. The molecule has 1 fully saturated rings. The van der Waals surface area contributed by atoms with Gasteiger partial charge in [-0.1, -0.05) is 0 Å². The molecule has 2 rings (SSSR count). The lowest BCUT2D eigenvalue weighted by Crippen LogP contribution is -2.42. The zero-order chi connectivity index (χ0) is 15.2. The van der Waals surface area contributed by atoms with E-state index in [1.165, 1.54) is 6.42 Å². The number of nitrogens with one attached hydrogen (secondary N) is 2. The number of amides is 1. The number of nitrogens with zero attached hydrogens (tertiary/aromatic N) is 2. The van der Waals surface area contributed by atoms with E-state index < -0.39 is 0 Å². The summed E-state index contributed by atoms with van der Waals surface area (Å²) in [4.78, 5) is 19.1. The molecule has 1 aromatic heterocycles. The largest absolute Gasteiger partial charge is 0.367 e. The standard InChI is InChI=1S/C16H26N4O/c1-12(2)19-15-14(7-4-8-18-15)16(21)20-9-5-6-13(11-20)10-17-3/h4,7-8,12-13,17H,5-6,9-11H2,1-3H3,(H,18,19)/t13-/m1/s1. The number of hydrogen-bond acceptors (Lipinski definition) is 4. The maximum atomic E-state index is 12.8. The first-order valence-electron chi connectivity index (χ1n) is 7.77. The van der Waals surface area contributed by atoms with Gasteiger partial charge in [-0.25, -0.2) is 4.98 Å². The predicted octanol–water partition coefficient (Wildman–Crippen LogP) is 1.97. The average Bonchev–Trinajstić information content (AvgIpc) is 2.47. The summed E-state index contributed by atoms with van der Waals surface area (Å²) in [5, 5.41) is 6.47. The lowest BCUT2D eigenvalue weighted by molar-refractivity contribution is 0.0675. The number of carbonyl (C=O) groups excluding carboxylic acids is 1. The summed E-state index contributed by atoms with van der Waals surface area (Å²) < 4.78 is 0. The van der Waals surface area contributed by atoms with Crippen LogP contribution in [0.15, 0.2) is 18.3 Å². The topological polar surface area (TPSA) is 57.3 Å². The Morgan fingerprint density at radius 2 is 2.33 bits per heavy atom. The van der Waals surface area contributed by atoms with Crippen molar-refractivity contribution >= 4 is 11.7 Å². The van der Waals surface area contributed by atoms with Crippen LogP contribution in [0.1, 0.15) is 37.0 Å². The molecule has 0 radical (unpaired) electrons. The Bertz CT molecular complexity index is 473. The quantitative estimate of drug-likeness (QED) is 0.870. The first kappa shape index (κ1) is 15.8. The molecule has 5 nitrogen and oxygen atoms in total. The van der Waals surface area contributed by atoms with Crippen molar-refractivity contribution in [2.45, 2.75) is 32.7 Å². The number of rotatable bonds is 5. The van der Waals surface area contributed by atoms with Gasteiger partial charge in [0.1, 0.15) is 5.82 Å². The van der Waals surface area contributed by atoms with Crippen LogP contribution in [0.25, 0.3) is 0 Å². The van der Waals surface area contributed by atoms with E-state index in [4.69, 9.17) is 0 Å². The average molecular weight is 290 g/mol. The zero-order valence-corrected chi connectivity index (χ0v) is 13.2. The number of anilines is 1. The van der Waals surface area contributed by atoms with Crippen LogP contribution in [-0.2, 0) is 0 Å². The smallest absolute Gasteiger partial charge is 0.257 e. The molecular formula is C16H26N4O. The summed E-state index contributed by atoms with van der Waals surface area (Å²) in [6.45, 7) is 6.73. The van der Waals surface area contributed by atoms with Gasteiger partial charge in [0.15, 0.2) is 0 Å². The number of carbonyl (C=O) groups is 1. The van der Waals surface area contributed by atoms with Crippen molar-refractivity contribution in [1.82, 2.24) is 15.2 Å². The maximum absolute atomic E-state index is 12.8. The van der Waals surface area contributed by atoms with Crippen LogP contribution in [0.4, 0.5) is 5.82 Å². The van der Waals surface area contributed by atoms with E-state index in [-0.39, 0.29) is 11.9 Å². The maximum Gasteiger partial charge on any atom is 0.257 e. The Morgan fingerprint density at radius 3 is 3.05 bits per heavy atom. The van der Waals surface area contributed by atoms with Crippen molar-refractivity contribution in [2.75, 3.05) is 32.0 Å². The highest BCUT2D eigenvalue weighted by Crippen LogP contribution is 2.21. The lowest BCUT2D eigenvalue weighted by atomic mass is 9.97. The minimum Gasteiger partial charge on any atom is -0.367 e. The molecule has 0 aromatic carbocycles. The fourth-order valence-electron chi connectivity index (χ4n) is 2.84. The molecule has 1 aliphatic rings. The second kappa shape index (κ2) is 7.41. The normalized spacial score (nSPS) is 18.9. The molecule has 0 bridgehead atoms. The molecule has 0 saturated carbocycles. The van der Waals surface area contributed by atoms with Crippen molar-refractivity contribution in [3.05, 3.63) is 23.9 Å². The van der Waals surface area contributed by atoms with Gasteiger partial charge in [0.05, 0.1) is 5.56 Å². The first-order chi connectivity index (χ1) is 10.1. The Morgan fingerprint density at radius 1 is 1.52 bits per heavy atom. The van der Waals surface area contributed by atoms with Crippen molar-refractivity contribution in [3.8, 4) is 0 Å². The fourth-order valence-corrected chi connectivity index (χ4v) is 2.84. The number of aromatic nitrogens is 1. The van der Waals surface area contributed by atoms with Crippen LogP contribution in [0.2, 0.25) is 0 Å². The summed E-state index contributed by atoms with van der Waals surface area (Å²) in [6, 6.07) is 3.94. The summed E-state index contributed by atoms with van der Waals surface area (Å²) in [6.07, 6.45) is 3.99. The summed E-state index contributed by atoms with van der Waals surface area (Å²) in [5.41, 5.74) is 0.677. The zero-order valence-electron chi connectivity index (χ0n) is 13.2. The second-order valence-corrected chi connectivity index (χ2v) is 6.02. The Hall–Kier alpha value is -1.62. The van der Waals surface area contributed by atoms with Gasteiger partial charge in [0, 0.05) is 25.3 Å². The molecular weight excluding hydrogens is 264 g/mol. The van der Waals surface area contributed by atoms with Gasteiger partial charge in [-0.3, -0.25) is 4.79 Å². The van der Waals surface area contributed by atoms with E-state index in [1.54, 1.807) is 6.20 Å². The van der Waals surface area contributed by atoms with Crippen molar-refractivity contribution in [2.24, 2.45) is 5.92 Å². The van der Waals surface area contributed by atoms with Crippen LogP contribution >= 0.6 is 0 Å². The van der Waals surface area contributed by atoms with E-state index in [0.29, 0.717) is 17.3 Å². The highest BCUT2D eigenvalue weighted by atomic mass is 16.2. The summed E-state index contributed by atoms with van der Waals surface area (Å²) in [5.74, 6) is 1.33. The van der Waals surface area contributed by atoms with Gasteiger partial charge >= 0.3 is 0 Å². The summed E-state index contributed by atoms with van der Waals surface area (Å²) >= 11 is 0.